The van der Waals surface area contributed by atoms with E-state index in [0.29, 0.717) is 33.8 Å². The second-order valence-corrected chi connectivity index (χ2v) is 8.54. The van der Waals surface area contributed by atoms with Crippen molar-refractivity contribution < 1.29 is 13.9 Å². The van der Waals surface area contributed by atoms with Crippen LogP contribution in [0, 0.1) is 12.8 Å². The molecule has 1 amide bonds. The van der Waals surface area contributed by atoms with Crippen LogP contribution in [-0.4, -0.2) is 19.6 Å². The van der Waals surface area contributed by atoms with Gasteiger partial charge in [-0.25, -0.2) is 0 Å². The number of nitrogens with one attached hydrogen (secondary N) is 1. The first kappa shape index (κ1) is 22.3. The van der Waals surface area contributed by atoms with Gasteiger partial charge in [0.1, 0.15) is 11.3 Å². The van der Waals surface area contributed by atoms with Crippen LogP contribution in [0.3, 0.4) is 0 Å². The number of carbonyl (C=O) groups excluding carboxylic acids is 1. The molecule has 0 spiro atoms. The number of halogens is 2. The van der Waals surface area contributed by atoms with E-state index in [9.17, 15) is 4.79 Å². The first-order chi connectivity index (χ1) is 14.2. The van der Waals surface area contributed by atoms with E-state index in [1.165, 1.54) is 0 Å². The average molecular weight is 446 g/mol. The van der Waals surface area contributed by atoms with Crippen molar-refractivity contribution in [3.8, 4) is 16.9 Å². The third kappa shape index (κ3) is 4.50. The lowest BCUT2D eigenvalue weighted by atomic mass is 9.96. The second kappa shape index (κ2) is 9.15. The van der Waals surface area contributed by atoms with Crippen molar-refractivity contribution in [3.63, 3.8) is 0 Å². The standard InChI is InChI=1S/C24H25Cl2NO3/c1-13(2)11-27-22(28)8-14(3)18-10-19-20(17-7-6-16(25)9-21(17)26)12-30-24(19)15(4)23(18)29-5/h6-10,12-13H,11H2,1-5H3,(H,27,28)/b14-8+. The number of carbonyl (C=O) groups is 1. The number of benzene rings is 2. The molecule has 0 aliphatic rings. The lowest BCUT2D eigenvalue weighted by molar-refractivity contribution is -0.116. The summed E-state index contributed by atoms with van der Waals surface area (Å²) in [6.07, 6.45) is 3.28. The summed E-state index contributed by atoms with van der Waals surface area (Å²) >= 11 is 12.5. The normalized spacial score (nSPS) is 11.9. The highest BCUT2D eigenvalue weighted by Gasteiger charge is 2.20. The van der Waals surface area contributed by atoms with Gasteiger partial charge in [-0.05, 0) is 43.5 Å². The molecule has 3 rings (SSSR count). The Bertz CT molecular complexity index is 1130. The predicted molar refractivity (Wildman–Crippen MR) is 124 cm³/mol. The van der Waals surface area contributed by atoms with Gasteiger partial charge in [0.2, 0.25) is 5.91 Å². The highest BCUT2D eigenvalue weighted by molar-refractivity contribution is 6.36. The zero-order valence-electron chi connectivity index (χ0n) is 17.7. The van der Waals surface area contributed by atoms with Gasteiger partial charge < -0.3 is 14.5 Å². The van der Waals surface area contributed by atoms with E-state index in [1.54, 1.807) is 31.6 Å². The van der Waals surface area contributed by atoms with Gasteiger partial charge in [0.15, 0.2) is 0 Å². The van der Waals surface area contributed by atoms with Gasteiger partial charge in [0, 0.05) is 45.3 Å². The van der Waals surface area contributed by atoms with Crippen LogP contribution in [0.1, 0.15) is 31.9 Å². The van der Waals surface area contributed by atoms with Gasteiger partial charge in [0.25, 0.3) is 0 Å². The van der Waals surface area contributed by atoms with Crippen LogP contribution in [-0.2, 0) is 4.79 Å². The summed E-state index contributed by atoms with van der Waals surface area (Å²) in [7, 11) is 1.61. The molecule has 0 bridgehead atoms. The lowest BCUT2D eigenvalue weighted by Gasteiger charge is -2.14. The number of rotatable bonds is 6. The molecular formula is C24H25Cl2NO3. The summed E-state index contributed by atoms with van der Waals surface area (Å²) in [5, 5.41) is 4.92. The number of hydrogen-bond donors (Lipinski definition) is 1. The summed E-state index contributed by atoms with van der Waals surface area (Å²) in [6.45, 7) is 8.57. The van der Waals surface area contributed by atoms with Crippen LogP contribution in [0.5, 0.6) is 5.75 Å². The molecule has 1 aromatic heterocycles. The van der Waals surface area contributed by atoms with E-state index in [-0.39, 0.29) is 5.91 Å². The van der Waals surface area contributed by atoms with Crippen LogP contribution in [0.4, 0.5) is 0 Å². The molecule has 6 heteroatoms. The monoisotopic (exact) mass is 445 g/mol. The third-order valence-corrected chi connectivity index (χ3v) is 5.47. The molecule has 0 unspecified atom stereocenters. The average Bonchev–Trinajstić information content (AvgIpc) is 3.10. The maximum Gasteiger partial charge on any atom is 0.244 e. The summed E-state index contributed by atoms with van der Waals surface area (Å²) < 4.78 is 11.5. The van der Waals surface area contributed by atoms with Crippen molar-refractivity contribution >= 4 is 45.7 Å². The zero-order valence-corrected chi connectivity index (χ0v) is 19.2. The Labute approximate surface area is 186 Å². The van der Waals surface area contributed by atoms with Gasteiger partial charge in [-0.2, -0.15) is 0 Å². The molecule has 0 aliphatic heterocycles. The van der Waals surface area contributed by atoms with Gasteiger partial charge in [-0.1, -0.05) is 43.1 Å². The molecule has 2 aromatic carbocycles. The molecule has 1 heterocycles. The van der Waals surface area contributed by atoms with Crippen molar-refractivity contribution in [1.82, 2.24) is 5.32 Å². The van der Waals surface area contributed by atoms with E-state index in [1.807, 2.05) is 26.0 Å². The molecule has 0 saturated heterocycles. The molecule has 0 saturated carbocycles. The number of methoxy groups -OCH3 is 1. The molecule has 3 aromatic rings. The Kier molecular flexibility index (Phi) is 6.79. The number of hydrogen-bond acceptors (Lipinski definition) is 3. The van der Waals surface area contributed by atoms with Crippen LogP contribution < -0.4 is 10.1 Å². The van der Waals surface area contributed by atoms with Crippen molar-refractivity contribution in [3.05, 3.63) is 57.8 Å². The molecule has 158 valence electrons. The largest absolute Gasteiger partial charge is 0.496 e. The Hall–Kier alpha value is -2.43. The Morgan fingerprint density at radius 1 is 1.23 bits per heavy atom. The maximum absolute atomic E-state index is 12.3. The van der Waals surface area contributed by atoms with E-state index in [2.05, 4.69) is 19.2 Å². The van der Waals surface area contributed by atoms with Gasteiger partial charge in [0.05, 0.1) is 18.4 Å². The molecular weight excluding hydrogens is 421 g/mol. The van der Waals surface area contributed by atoms with Crippen molar-refractivity contribution in [2.24, 2.45) is 5.92 Å². The van der Waals surface area contributed by atoms with Crippen LogP contribution >= 0.6 is 23.2 Å². The summed E-state index contributed by atoms with van der Waals surface area (Å²) in [4.78, 5) is 12.3. The van der Waals surface area contributed by atoms with Crippen LogP contribution in [0.2, 0.25) is 10.0 Å². The van der Waals surface area contributed by atoms with Gasteiger partial charge >= 0.3 is 0 Å². The number of ether oxygens (including phenoxy) is 1. The van der Waals surface area contributed by atoms with E-state index >= 15 is 0 Å². The van der Waals surface area contributed by atoms with Crippen LogP contribution in [0.15, 0.2) is 41.0 Å². The molecule has 0 atom stereocenters. The number of allylic oxidation sites excluding steroid dienone is 1. The highest BCUT2D eigenvalue weighted by Crippen LogP contribution is 2.42. The van der Waals surface area contributed by atoms with Gasteiger partial charge in [-0.3, -0.25) is 4.79 Å². The first-order valence-corrected chi connectivity index (χ1v) is 10.5. The Morgan fingerprint density at radius 2 is 1.97 bits per heavy atom. The van der Waals surface area contributed by atoms with Crippen molar-refractivity contribution in [1.29, 1.82) is 0 Å². The number of amides is 1. The van der Waals surface area contributed by atoms with E-state index < -0.39 is 0 Å². The Morgan fingerprint density at radius 3 is 2.60 bits per heavy atom. The second-order valence-electron chi connectivity index (χ2n) is 7.70. The number of aryl methyl sites for hydroxylation is 1. The predicted octanol–water partition coefficient (Wildman–Crippen LogP) is 6.90. The van der Waals surface area contributed by atoms with E-state index in [0.717, 1.165) is 33.2 Å². The minimum Gasteiger partial charge on any atom is -0.496 e. The molecule has 4 nitrogen and oxygen atoms in total. The van der Waals surface area contributed by atoms with Crippen LogP contribution in [0.25, 0.3) is 27.7 Å². The molecule has 1 N–H and O–H groups in total. The highest BCUT2D eigenvalue weighted by atomic mass is 35.5. The molecule has 0 aliphatic carbocycles. The van der Waals surface area contributed by atoms with Crippen molar-refractivity contribution in [2.45, 2.75) is 27.7 Å². The number of furan rings is 1. The molecule has 0 fully saturated rings. The zero-order chi connectivity index (χ0) is 22.0. The fraction of sp³-hybridized carbons (Fsp3) is 0.292. The SMILES string of the molecule is COc1c(/C(C)=C/C(=O)NCC(C)C)cc2c(-c3ccc(Cl)cc3Cl)coc2c1C. The summed E-state index contributed by atoms with van der Waals surface area (Å²) in [6, 6.07) is 7.35. The summed E-state index contributed by atoms with van der Waals surface area (Å²) in [5.74, 6) is 0.929. The van der Waals surface area contributed by atoms with E-state index in [4.69, 9.17) is 32.4 Å². The van der Waals surface area contributed by atoms with Gasteiger partial charge in [-0.15, -0.1) is 0 Å². The number of fused-ring (bicyclic) bond motifs is 1. The third-order valence-electron chi connectivity index (χ3n) is 4.93. The van der Waals surface area contributed by atoms with Crippen molar-refractivity contribution in [2.75, 3.05) is 13.7 Å². The smallest absolute Gasteiger partial charge is 0.244 e. The molecule has 30 heavy (non-hydrogen) atoms. The maximum atomic E-state index is 12.3. The quantitative estimate of drug-likeness (QED) is 0.419. The minimum atomic E-state index is -0.130. The summed E-state index contributed by atoms with van der Waals surface area (Å²) in [5.41, 5.74) is 4.88. The fourth-order valence-corrected chi connectivity index (χ4v) is 3.93. The molecule has 0 radical (unpaired) electrons. The first-order valence-electron chi connectivity index (χ1n) is 9.73. The fourth-order valence-electron chi connectivity index (χ4n) is 3.42. The Balaban J connectivity index is 2.14. The minimum absolute atomic E-state index is 0.130. The topological polar surface area (TPSA) is 51.5 Å². The lowest BCUT2D eigenvalue weighted by Crippen LogP contribution is -2.25.